The van der Waals surface area contributed by atoms with E-state index in [9.17, 15) is 23.1 Å². The third kappa shape index (κ3) is 8.02. The van der Waals surface area contributed by atoms with Crippen LogP contribution in [0.15, 0.2) is 80.7 Å². The summed E-state index contributed by atoms with van der Waals surface area (Å²) in [7, 11) is -2.46. The molecular weight excluding hydrogens is 650 g/mol. The van der Waals surface area contributed by atoms with Crippen LogP contribution in [0, 0.1) is 0 Å². The van der Waals surface area contributed by atoms with Gasteiger partial charge in [-0.2, -0.15) is 4.31 Å². The predicted octanol–water partition coefficient (Wildman–Crippen LogP) is 3.69. The first kappa shape index (κ1) is 35.1. The van der Waals surface area contributed by atoms with E-state index in [1.54, 1.807) is 47.4 Å². The van der Waals surface area contributed by atoms with Crippen molar-refractivity contribution in [2.24, 2.45) is 0 Å². The fraction of sp³-hybridized carbons (Fsp3) is 0.500. The van der Waals surface area contributed by atoms with Gasteiger partial charge in [-0.3, -0.25) is 9.59 Å². The number of methoxy groups -OCH3 is 1. The van der Waals surface area contributed by atoms with Crippen molar-refractivity contribution in [1.82, 2.24) is 14.1 Å². The highest BCUT2D eigenvalue weighted by Gasteiger charge is 2.35. The van der Waals surface area contributed by atoms with Crippen molar-refractivity contribution in [1.29, 1.82) is 0 Å². The van der Waals surface area contributed by atoms with Crippen molar-refractivity contribution in [3.8, 4) is 5.75 Å². The van der Waals surface area contributed by atoms with Crippen molar-refractivity contribution in [2.45, 2.75) is 61.7 Å². The molecule has 3 aliphatic rings. The summed E-state index contributed by atoms with van der Waals surface area (Å²) in [5, 5.41) is 10.1. The number of fused-ring (bicyclic) bond motifs is 1. The lowest BCUT2D eigenvalue weighted by molar-refractivity contribution is -0.153. The molecule has 0 bridgehead atoms. The molecule has 264 valence electrons. The van der Waals surface area contributed by atoms with Crippen LogP contribution in [0.3, 0.4) is 0 Å². The maximum atomic E-state index is 13.9. The van der Waals surface area contributed by atoms with E-state index in [-0.39, 0.29) is 54.7 Å². The molecule has 1 N–H and O–H groups in total. The van der Waals surface area contributed by atoms with Crippen molar-refractivity contribution in [3.63, 3.8) is 0 Å². The van der Waals surface area contributed by atoms with E-state index >= 15 is 0 Å². The Hall–Kier alpha value is -3.75. The Bertz CT molecular complexity index is 1780. The largest absolute Gasteiger partial charge is 0.497 e. The van der Waals surface area contributed by atoms with Crippen LogP contribution in [-0.2, 0) is 24.3 Å². The number of piperidine rings is 2. The topological polar surface area (TPSA) is 139 Å². The van der Waals surface area contributed by atoms with Crippen LogP contribution >= 0.6 is 0 Å². The fourth-order valence-corrected chi connectivity index (χ4v) is 8.41. The Labute approximate surface area is 286 Å². The highest BCUT2D eigenvalue weighted by Crippen LogP contribution is 2.33. The molecule has 2 saturated heterocycles. The number of rotatable bonds is 12. The van der Waals surface area contributed by atoms with Gasteiger partial charge in [0.2, 0.25) is 16.3 Å². The molecule has 0 saturated carbocycles. The zero-order valence-electron chi connectivity index (χ0n) is 27.9. The lowest BCUT2D eigenvalue weighted by Gasteiger charge is -2.40. The second-order valence-corrected chi connectivity index (χ2v) is 14.7. The average molecular weight is 696 g/mol. The number of aliphatic hydroxyl groups is 1. The number of hydrogen-bond acceptors (Lipinski definition) is 10. The lowest BCUT2D eigenvalue weighted by Crippen LogP contribution is -2.49. The molecule has 12 nitrogen and oxygen atoms in total. The number of benzene rings is 2. The molecule has 6 rings (SSSR count). The summed E-state index contributed by atoms with van der Waals surface area (Å²) in [6.45, 7) is 2.75. The maximum Gasteiger partial charge on any atom is 0.288 e. The van der Waals surface area contributed by atoms with Gasteiger partial charge in [-0.25, -0.2) is 8.42 Å². The fourth-order valence-electron chi connectivity index (χ4n) is 7.00. The standard InChI is InChI=1S/C36H45N3O9S/c1-45-28-9-11-29(12-10-28)49(43,44)39(19-21-40)20-22-46-34-24-26(31-25-47-32-8-4-3-7-30(32)35(31)41)23-33(48-34)36(42)38-17-13-27(14-18-38)37-15-5-2-6-16-37/h3-4,7-12,23,25-27,34,40H,2,5-6,13-22,24H2,1H3. The SMILES string of the molecule is COc1ccc(S(=O)(=O)N(CCO)CCOC2CC(c3coc4ccccc4c3=O)C=C(C(=O)N3CCC(N4CCCCC4)CC3)O2)cc1. The highest BCUT2D eigenvalue weighted by molar-refractivity contribution is 7.89. The first-order valence-corrected chi connectivity index (χ1v) is 18.5. The molecule has 2 atom stereocenters. The first-order valence-electron chi connectivity index (χ1n) is 17.1. The molecule has 2 unspecified atom stereocenters. The van der Waals surface area contributed by atoms with E-state index in [4.69, 9.17) is 18.6 Å². The number of para-hydroxylation sites is 1. The van der Waals surface area contributed by atoms with Gasteiger partial charge in [-0.15, -0.1) is 0 Å². The molecule has 2 fully saturated rings. The molecule has 0 radical (unpaired) electrons. The number of carbonyl (C=O) groups is 1. The Morgan fingerprint density at radius 3 is 2.45 bits per heavy atom. The van der Waals surface area contributed by atoms with Gasteiger partial charge in [0, 0.05) is 50.1 Å². The van der Waals surface area contributed by atoms with Gasteiger partial charge in [0.05, 0.1) is 36.9 Å². The lowest BCUT2D eigenvalue weighted by atomic mass is 9.93. The minimum absolute atomic E-state index is 0.0543. The van der Waals surface area contributed by atoms with Crippen molar-refractivity contribution in [3.05, 3.63) is 82.4 Å². The van der Waals surface area contributed by atoms with Crippen LogP contribution in [0.2, 0.25) is 0 Å². The van der Waals surface area contributed by atoms with Gasteiger partial charge in [0.15, 0.2) is 11.2 Å². The Morgan fingerprint density at radius 1 is 1.00 bits per heavy atom. The normalized spacial score (nSPS) is 21.0. The number of allylic oxidation sites excluding steroid dienone is 1. The zero-order chi connectivity index (χ0) is 34.4. The van der Waals surface area contributed by atoms with Crippen molar-refractivity contribution < 1.29 is 36.9 Å². The van der Waals surface area contributed by atoms with Crippen LogP contribution in [0.1, 0.15) is 50.0 Å². The summed E-state index contributed by atoms with van der Waals surface area (Å²) in [5.41, 5.74) is 0.654. The molecule has 0 spiro atoms. The van der Waals surface area contributed by atoms with Gasteiger partial charge in [0.1, 0.15) is 11.3 Å². The van der Waals surface area contributed by atoms with Crippen molar-refractivity contribution >= 4 is 26.9 Å². The molecule has 13 heteroatoms. The van der Waals surface area contributed by atoms with Crippen LogP contribution in [0.5, 0.6) is 5.75 Å². The van der Waals surface area contributed by atoms with E-state index in [0.717, 1.165) is 30.2 Å². The minimum atomic E-state index is -3.96. The number of ether oxygens (including phenoxy) is 3. The summed E-state index contributed by atoms with van der Waals surface area (Å²) < 4.78 is 51.1. The molecule has 3 aromatic rings. The molecule has 3 aliphatic heterocycles. The van der Waals surface area contributed by atoms with Gasteiger partial charge in [-0.05, 0) is 81.2 Å². The number of likely N-dealkylation sites (tertiary alicyclic amines) is 2. The number of hydrogen-bond donors (Lipinski definition) is 1. The van der Waals surface area contributed by atoms with Gasteiger partial charge in [0.25, 0.3) is 5.91 Å². The summed E-state index contributed by atoms with van der Waals surface area (Å²) in [4.78, 5) is 31.9. The highest BCUT2D eigenvalue weighted by atomic mass is 32.2. The number of sulfonamides is 1. The molecular formula is C36H45N3O9S. The summed E-state index contributed by atoms with van der Waals surface area (Å²) in [6, 6.07) is 13.5. The third-order valence-corrected chi connectivity index (χ3v) is 11.6. The van der Waals surface area contributed by atoms with E-state index < -0.39 is 22.2 Å². The maximum absolute atomic E-state index is 13.9. The second-order valence-electron chi connectivity index (χ2n) is 12.7. The molecule has 1 aromatic heterocycles. The van der Waals surface area contributed by atoms with Crippen LogP contribution in [-0.4, -0.2) is 105 Å². The Balaban J connectivity index is 1.18. The molecule has 0 aliphatic carbocycles. The number of nitrogens with zero attached hydrogens (tertiary/aromatic N) is 3. The molecule has 4 heterocycles. The molecule has 1 amide bonds. The average Bonchev–Trinajstić information content (AvgIpc) is 3.14. The van der Waals surface area contributed by atoms with Crippen molar-refractivity contribution in [2.75, 3.05) is 59.6 Å². The second kappa shape index (κ2) is 15.9. The van der Waals surface area contributed by atoms with E-state index in [0.29, 0.717) is 41.4 Å². The van der Waals surface area contributed by atoms with E-state index in [2.05, 4.69) is 4.90 Å². The quantitative estimate of drug-likeness (QED) is 0.299. The molecule has 2 aromatic carbocycles. The number of aliphatic hydroxyl groups excluding tert-OH is 1. The van der Waals surface area contributed by atoms with Gasteiger partial charge in [-0.1, -0.05) is 18.6 Å². The van der Waals surface area contributed by atoms with Gasteiger partial charge >= 0.3 is 0 Å². The van der Waals surface area contributed by atoms with Crippen LogP contribution in [0.4, 0.5) is 0 Å². The Morgan fingerprint density at radius 2 is 1.73 bits per heavy atom. The summed E-state index contributed by atoms with van der Waals surface area (Å²) in [6.07, 6.45) is 7.88. The minimum Gasteiger partial charge on any atom is -0.497 e. The monoisotopic (exact) mass is 695 g/mol. The summed E-state index contributed by atoms with van der Waals surface area (Å²) >= 11 is 0. The van der Waals surface area contributed by atoms with E-state index in [1.807, 2.05) is 0 Å². The number of amides is 1. The van der Waals surface area contributed by atoms with Gasteiger partial charge < -0.3 is 33.5 Å². The van der Waals surface area contributed by atoms with Crippen LogP contribution in [0.25, 0.3) is 11.0 Å². The predicted molar refractivity (Wildman–Crippen MR) is 183 cm³/mol. The van der Waals surface area contributed by atoms with E-state index in [1.165, 1.54) is 44.8 Å². The first-order chi connectivity index (χ1) is 23.8. The third-order valence-electron chi connectivity index (χ3n) is 9.72. The summed E-state index contributed by atoms with van der Waals surface area (Å²) in [5.74, 6) is -0.181. The number of carbonyl (C=O) groups excluding carboxylic acids is 1. The molecule has 49 heavy (non-hydrogen) atoms. The van der Waals surface area contributed by atoms with Crippen LogP contribution < -0.4 is 10.2 Å². The smallest absolute Gasteiger partial charge is 0.288 e. The zero-order valence-corrected chi connectivity index (χ0v) is 28.7. The Kier molecular flexibility index (Phi) is 11.4.